The van der Waals surface area contributed by atoms with Gasteiger partial charge in [0.25, 0.3) is 0 Å². The third-order valence-electron chi connectivity index (χ3n) is 7.24. The number of amides is 1. The summed E-state index contributed by atoms with van der Waals surface area (Å²) in [7, 11) is 1.61. The van der Waals surface area contributed by atoms with E-state index in [1.165, 1.54) is 0 Å². The van der Waals surface area contributed by atoms with Crippen molar-refractivity contribution in [2.75, 3.05) is 43.5 Å². The molecule has 1 unspecified atom stereocenters. The zero-order chi connectivity index (χ0) is 28.7. The van der Waals surface area contributed by atoms with Crippen LogP contribution in [0.4, 0.5) is 29.7 Å². The standard InChI is InChI=1S/C28H34F3N5O3S/c1-26(2,3)39-25(37)36-12-10-27(17-36)9-11-35(16-27)22-21-13-20(14-28(29,30)31)40-23(21)34-24(33-22)32-15-18-5-7-19(38-4)8-6-18/h5-8,13H,9-12,14-17H2,1-4H3,(H,32,33,34). The summed E-state index contributed by atoms with van der Waals surface area (Å²) in [6.45, 7) is 8.54. The average Bonchev–Trinajstić information content (AvgIpc) is 3.59. The minimum absolute atomic E-state index is 0.115. The second-order valence-electron chi connectivity index (χ2n) is 11.6. The predicted octanol–water partition coefficient (Wildman–Crippen LogP) is 6.25. The van der Waals surface area contributed by atoms with Crippen LogP contribution < -0.4 is 15.0 Å². The van der Waals surface area contributed by atoms with Gasteiger partial charge >= 0.3 is 12.3 Å². The summed E-state index contributed by atoms with van der Waals surface area (Å²) in [4.78, 5) is 26.7. The number of nitrogens with one attached hydrogen (secondary N) is 1. The number of fused-ring (bicyclic) bond motifs is 1. The van der Waals surface area contributed by atoms with Crippen LogP contribution in [0.1, 0.15) is 44.1 Å². The van der Waals surface area contributed by atoms with Gasteiger partial charge in [-0.25, -0.2) is 9.78 Å². The molecule has 1 amide bonds. The van der Waals surface area contributed by atoms with Gasteiger partial charge in [0.15, 0.2) is 0 Å². The minimum atomic E-state index is -4.31. The van der Waals surface area contributed by atoms with E-state index in [0.29, 0.717) is 54.7 Å². The Morgan fingerprint density at radius 3 is 2.50 bits per heavy atom. The Bertz CT molecular complexity index is 1370. The highest BCUT2D eigenvalue weighted by molar-refractivity contribution is 7.18. The molecule has 40 heavy (non-hydrogen) atoms. The van der Waals surface area contributed by atoms with Gasteiger partial charge in [0, 0.05) is 43.0 Å². The summed E-state index contributed by atoms with van der Waals surface area (Å²) in [6.07, 6.45) is -3.94. The number of thiophene rings is 1. The van der Waals surface area contributed by atoms with Crippen LogP contribution >= 0.6 is 11.3 Å². The first-order valence-corrected chi connectivity index (χ1v) is 14.1. The number of ether oxygens (including phenoxy) is 2. The van der Waals surface area contributed by atoms with Crippen molar-refractivity contribution in [3.8, 4) is 5.75 Å². The Morgan fingerprint density at radius 1 is 1.10 bits per heavy atom. The van der Waals surface area contributed by atoms with Crippen molar-refractivity contribution in [2.45, 2.75) is 58.4 Å². The molecule has 2 saturated heterocycles. The lowest BCUT2D eigenvalue weighted by Crippen LogP contribution is -2.37. The second kappa shape index (κ2) is 10.6. The summed E-state index contributed by atoms with van der Waals surface area (Å²) in [5, 5.41) is 3.87. The van der Waals surface area contributed by atoms with Crippen molar-refractivity contribution in [2.24, 2.45) is 5.41 Å². The summed E-state index contributed by atoms with van der Waals surface area (Å²) in [5.41, 5.74) is 0.308. The van der Waals surface area contributed by atoms with Gasteiger partial charge in [-0.15, -0.1) is 11.3 Å². The van der Waals surface area contributed by atoms with Crippen LogP contribution in [0, 0.1) is 5.41 Å². The van der Waals surface area contributed by atoms with E-state index in [9.17, 15) is 18.0 Å². The normalized spacial score (nSPS) is 19.6. The highest BCUT2D eigenvalue weighted by Gasteiger charge is 2.46. The van der Waals surface area contributed by atoms with E-state index in [0.717, 1.165) is 35.5 Å². The van der Waals surface area contributed by atoms with Crippen LogP contribution in [0.15, 0.2) is 30.3 Å². The van der Waals surface area contributed by atoms with Gasteiger partial charge in [0.05, 0.1) is 18.9 Å². The van der Waals surface area contributed by atoms with Gasteiger partial charge < -0.3 is 24.6 Å². The number of rotatable bonds is 6. The molecule has 216 valence electrons. The summed E-state index contributed by atoms with van der Waals surface area (Å²) in [6, 6.07) is 9.15. The number of benzene rings is 1. The van der Waals surface area contributed by atoms with E-state index in [2.05, 4.69) is 15.2 Å². The maximum absolute atomic E-state index is 13.2. The molecule has 3 aromatic rings. The lowest BCUT2D eigenvalue weighted by molar-refractivity contribution is -0.126. The van der Waals surface area contributed by atoms with Gasteiger partial charge in [-0.3, -0.25) is 0 Å². The monoisotopic (exact) mass is 577 g/mol. The molecule has 1 N–H and O–H groups in total. The van der Waals surface area contributed by atoms with Crippen molar-refractivity contribution in [1.82, 2.24) is 14.9 Å². The molecule has 0 bridgehead atoms. The van der Waals surface area contributed by atoms with Crippen LogP contribution in [0.25, 0.3) is 10.2 Å². The smallest absolute Gasteiger partial charge is 0.410 e. The fourth-order valence-corrected chi connectivity index (χ4v) is 6.41. The molecule has 1 spiro atoms. The molecule has 0 aliphatic carbocycles. The van der Waals surface area contributed by atoms with Gasteiger partial charge in [0.2, 0.25) is 5.95 Å². The largest absolute Gasteiger partial charge is 0.497 e. The zero-order valence-corrected chi connectivity index (χ0v) is 23.9. The number of halogens is 3. The first-order valence-electron chi connectivity index (χ1n) is 13.3. The van der Waals surface area contributed by atoms with Crippen LogP contribution in [-0.2, 0) is 17.7 Å². The molecule has 1 atom stereocenters. The number of methoxy groups -OCH3 is 1. The third kappa shape index (κ3) is 6.54. The fraction of sp³-hybridized carbons (Fsp3) is 0.536. The van der Waals surface area contributed by atoms with Crippen molar-refractivity contribution in [1.29, 1.82) is 0 Å². The predicted molar refractivity (Wildman–Crippen MR) is 149 cm³/mol. The molecule has 2 aromatic heterocycles. The zero-order valence-electron chi connectivity index (χ0n) is 23.1. The number of anilines is 2. The van der Waals surface area contributed by atoms with Gasteiger partial charge in [-0.05, 0) is 57.4 Å². The summed E-state index contributed by atoms with van der Waals surface area (Å²) < 4.78 is 50.4. The van der Waals surface area contributed by atoms with E-state index < -0.39 is 18.2 Å². The molecule has 4 heterocycles. The van der Waals surface area contributed by atoms with E-state index in [-0.39, 0.29) is 16.4 Å². The quantitative estimate of drug-likeness (QED) is 0.371. The van der Waals surface area contributed by atoms with Crippen LogP contribution in [0.3, 0.4) is 0 Å². The molecule has 2 fully saturated rings. The molecule has 12 heteroatoms. The van der Waals surface area contributed by atoms with E-state index >= 15 is 0 Å². The highest BCUT2D eigenvalue weighted by Crippen LogP contribution is 2.43. The molecule has 1 aromatic carbocycles. The Hall–Kier alpha value is -3.28. The molecule has 0 radical (unpaired) electrons. The topological polar surface area (TPSA) is 79.8 Å². The average molecular weight is 578 g/mol. The maximum atomic E-state index is 13.2. The molecule has 2 aliphatic rings. The molecular weight excluding hydrogens is 543 g/mol. The SMILES string of the molecule is COc1ccc(CNc2nc(N3CCC4(CCN(C(=O)OC(C)(C)C)C4)C3)c3cc(CC(F)(F)F)sc3n2)cc1. The number of hydrogen-bond donors (Lipinski definition) is 1. The molecule has 2 aliphatic heterocycles. The van der Waals surface area contributed by atoms with Crippen LogP contribution in [0.5, 0.6) is 5.75 Å². The van der Waals surface area contributed by atoms with Crippen LogP contribution in [-0.4, -0.2) is 66.0 Å². The van der Waals surface area contributed by atoms with E-state index in [1.54, 1.807) is 18.1 Å². The highest BCUT2D eigenvalue weighted by atomic mass is 32.1. The van der Waals surface area contributed by atoms with Crippen LogP contribution in [0.2, 0.25) is 0 Å². The molecule has 0 saturated carbocycles. The molecule has 5 rings (SSSR count). The number of hydrogen-bond acceptors (Lipinski definition) is 8. The van der Waals surface area contributed by atoms with Crippen molar-refractivity contribution < 1.29 is 27.4 Å². The minimum Gasteiger partial charge on any atom is -0.497 e. The van der Waals surface area contributed by atoms with Crippen molar-refractivity contribution in [3.63, 3.8) is 0 Å². The number of likely N-dealkylation sites (tertiary alicyclic amines) is 1. The van der Waals surface area contributed by atoms with Crippen molar-refractivity contribution in [3.05, 3.63) is 40.8 Å². The third-order valence-corrected chi connectivity index (χ3v) is 8.26. The number of nitrogens with zero attached hydrogens (tertiary/aromatic N) is 4. The Labute approximate surface area is 235 Å². The van der Waals surface area contributed by atoms with Gasteiger partial charge in [-0.1, -0.05) is 12.1 Å². The first kappa shape index (κ1) is 28.3. The number of alkyl halides is 3. The Kier molecular flexibility index (Phi) is 7.49. The van der Waals surface area contributed by atoms with Gasteiger partial charge in [-0.2, -0.15) is 18.2 Å². The fourth-order valence-electron chi connectivity index (χ4n) is 5.35. The second-order valence-corrected chi connectivity index (χ2v) is 12.7. The lowest BCUT2D eigenvalue weighted by Gasteiger charge is -2.27. The molecular formula is C28H34F3N5O3S. The number of aromatic nitrogens is 2. The Balaban J connectivity index is 1.38. The number of carbonyl (C=O) groups is 1. The summed E-state index contributed by atoms with van der Waals surface area (Å²) >= 11 is 1.05. The van der Waals surface area contributed by atoms with Crippen molar-refractivity contribution >= 4 is 39.4 Å². The molecule has 8 nitrogen and oxygen atoms in total. The maximum Gasteiger partial charge on any atom is 0.410 e. The Morgan fingerprint density at radius 2 is 1.82 bits per heavy atom. The lowest BCUT2D eigenvalue weighted by atomic mass is 9.86. The number of carbonyl (C=O) groups excluding carboxylic acids is 1. The summed E-state index contributed by atoms with van der Waals surface area (Å²) in [5.74, 6) is 1.74. The van der Waals surface area contributed by atoms with E-state index in [4.69, 9.17) is 14.5 Å². The van der Waals surface area contributed by atoms with Gasteiger partial charge in [0.1, 0.15) is 22.0 Å². The first-order chi connectivity index (χ1) is 18.8. The van der Waals surface area contributed by atoms with E-state index in [1.807, 2.05) is 45.0 Å².